The number of ketones is 1. The summed E-state index contributed by atoms with van der Waals surface area (Å²) in [4.78, 5) is 28.5. The van der Waals surface area contributed by atoms with Gasteiger partial charge in [-0.1, -0.05) is 18.2 Å². The van der Waals surface area contributed by atoms with Crippen molar-refractivity contribution in [3.05, 3.63) is 105 Å². The molecule has 0 aliphatic heterocycles. The molecule has 4 rings (SSSR count). The number of nitrogens with one attached hydrogen (secondary N) is 1. The number of methoxy groups -OCH3 is 1. The van der Waals surface area contributed by atoms with Crippen molar-refractivity contribution in [2.45, 2.75) is 27.4 Å². The van der Waals surface area contributed by atoms with Crippen LogP contribution < -0.4 is 10.4 Å². The Bertz CT molecular complexity index is 1490. The standard InChI is InChI=1S/C29H28N2O5/c1-17-10-22(11-18(2)19(17)3)25-15-31(29(35)30-25)24-7-5-6-21(14-24)26(33)9-8-20-12-23(16-32)28(34)27(13-20)36-4/h5-15,32,34H,16H2,1-4H3,(H,30,35)/b9-8+. The van der Waals surface area contributed by atoms with Crippen LogP contribution in [0.1, 0.15) is 38.2 Å². The molecule has 0 aliphatic carbocycles. The largest absolute Gasteiger partial charge is 0.504 e. The van der Waals surface area contributed by atoms with Crippen LogP contribution in [0.15, 0.2) is 65.6 Å². The maximum atomic E-state index is 12.9. The maximum absolute atomic E-state index is 12.9. The molecule has 0 bridgehead atoms. The topological polar surface area (TPSA) is 105 Å². The van der Waals surface area contributed by atoms with Crippen LogP contribution >= 0.6 is 0 Å². The Balaban J connectivity index is 1.63. The predicted molar refractivity (Wildman–Crippen MR) is 140 cm³/mol. The molecule has 3 aromatic carbocycles. The summed E-state index contributed by atoms with van der Waals surface area (Å²) in [5.74, 6) is -0.191. The SMILES string of the molecule is COc1cc(/C=C/C(=O)c2cccc(-n3cc(-c4cc(C)c(C)c(C)c4)[nH]c3=O)c2)cc(CO)c1O. The van der Waals surface area contributed by atoms with Gasteiger partial charge in [-0.2, -0.15) is 0 Å². The summed E-state index contributed by atoms with van der Waals surface area (Å²) in [5, 5.41) is 19.5. The molecule has 7 heteroatoms. The smallest absolute Gasteiger partial charge is 0.330 e. The van der Waals surface area contributed by atoms with Gasteiger partial charge >= 0.3 is 5.69 Å². The minimum Gasteiger partial charge on any atom is -0.504 e. The molecule has 7 nitrogen and oxygen atoms in total. The number of imidazole rings is 1. The minimum atomic E-state index is -0.366. The Kier molecular flexibility index (Phi) is 6.94. The molecule has 3 N–H and O–H groups in total. The van der Waals surface area contributed by atoms with Gasteiger partial charge in [0.25, 0.3) is 0 Å². The number of phenols is 1. The van der Waals surface area contributed by atoms with E-state index < -0.39 is 0 Å². The molecule has 1 heterocycles. The van der Waals surface area contributed by atoms with E-state index in [1.807, 2.05) is 26.0 Å². The summed E-state index contributed by atoms with van der Waals surface area (Å²) in [5.41, 5.74) is 6.71. The van der Waals surface area contributed by atoms with Crippen LogP contribution in [-0.4, -0.2) is 32.7 Å². The van der Waals surface area contributed by atoms with Gasteiger partial charge in [0.15, 0.2) is 17.3 Å². The second-order valence-corrected chi connectivity index (χ2v) is 8.71. The van der Waals surface area contributed by atoms with Crippen molar-refractivity contribution in [3.63, 3.8) is 0 Å². The minimum absolute atomic E-state index is 0.136. The van der Waals surface area contributed by atoms with Crippen LogP contribution in [0.2, 0.25) is 0 Å². The third-order valence-electron chi connectivity index (χ3n) is 6.36. The number of H-pyrrole nitrogens is 1. The summed E-state index contributed by atoms with van der Waals surface area (Å²) in [6, 6.07) is 14.1. The molecule has 0 fully saturated rings. The number of carbonyl (C=O) groups is 1. The number of aliphatic hydroxyl groups excluding tert-OH is 1. The van der Waals surface area contributed by atoms with E-state index in [-0.39, 0.29) is 29.6 Å². The first-order chi connectivity index (χ1) is 17.2. The van der Waals surface area contributed by atoms with Crippen molar-refractivity contribution in [1.82, 2.24) is 9.55 Å². The summed E-state index contributed by atoms with van der Waals surface area (Å²) in [7, 11) is 1.41. The molecule has 0 atom stereocenters. The third-order valence-corrected chi connectivity index (χ3v) is 6.36. The van der Waals surface area contributed by atoms with E-state index >= 15 is 0 Å². The Labute approximate surface area is 208 Å². The van der Waals surface area contributed by atoms with Gasteiger partial charge in [0.2, 0.25) is 0 Å². The number of aromatic hydroxyl groups is 1. The Morgan fingerprint density at radius 2 is 1.81 bits per heavy atom. The second-order valence-electron chi connectivity index (χ2n) is 8.71. The first kappa shape index (κ1) is 24.8. The highest BCUT2D eigenvalue weighted by Gasteiger charge is 2.12. The van der Waals surface area contributed by atoms with Crippen LogP contribution in [0.4, 0.5) is 0 Å². The molecule has 0 radical (unpaired) electrons. The maximum Gasteiger partial charge on any atom is 0.330 e. The summed E-state index contributed by atoms with van der Waals surface area (Å²) in [6.07, 6.45) is 4.72. The van der Waals surface area contributed by atoms with E-state index in [0.29, 0.717) is 28.1 Å². The van der Waals surface area contributed by atoms with Gasteiger partial charge in [0.1, 0.15) is 0 Å². The van der Waals surface area contributed by atoms with E-state index in [2.05, 4.69) is 11.9 Å². The number of nitrogens with zero attached hydrogens (tertiary/aromatic N) is 1. The number of benzene rings is 3. The lowest BCUT2D eigenvalue weighted by molar-refractivity contribution is 0.104. The number of carbonyl (C=O) groups excluding carboxylic acids is 1. The van der Waals surface area contributed by atoms with E-state index in [0.717, 1.165) is 16.7 Å². The first-order valence-corrected chi connectivity index (χ1v) is 11.4. The van der Waals surface area contributed by atoms with Crippen LogP contribution in [0, 0.1) is 20.8 Å². The zero-order valence-corrected chi connectivity index (χ0v) is 20.6. The lowest BCUT2D eigenvalue weighted by atomic mass is 9.99. The number of aromatic amines is 1. The highest BCUT2D eigenvalue weighted by molar-refractivity contribution is 6.07. The van der Waals surface area contributed by atoms with Gasteiger partial charge in [-0.15, -0.1) is 0 Å². The molecule has 0 unspecified atom stereocenters. The average molecular weight is 485 g/mol. The Morgan fingerprint density at radius 3 is 2.47 bits per heavy atom. The van der Waals surface area contributed by atoms with E-state index in [1.54, 1.807) is 48.7 Å². The van der Waals surface area contributed by atoms with Gasteiger partial charge in [0.05, 0.1) is 25.1 Å². The molecule has 0 amide bonds. The van der Waals surface area contributed by atoms with Crippen LogP contribution in [0.3, 0.4) is 0 Å². The highest BCUT2D eigenvalue weighted by atomic mass is 16.5. The summed E-state index contributed by atoms with van der Waals surface area (Å²) < 4.78 is 6.62. The Morgan fingerprint density at radius 1 is 1.08 bits per heavy atom. The number of rotatable bonds is 7. The predicted octanol–water partition coefficient (Wildman–Crippen LogP) is 4.86. The molecule has 184 valence electrons. The third kappa shape index (κ3) is 4.87. The van der Waals surface area contributed by atoms with E-state index in [4.69, 9.17) is 4.74 Å². The molecule has 0 saturated heterocycles. The number of hydrogen-bond donors (Lipinski definition) is 3. The zero-order chi connectivity index (χ0) is 26.0. The van der Waals surface area contributed by atoms with Gasteiger partial charge in [-0.05, 0) is 85.5 Å². The molecule has 0 saturated carbocycles. The fraction of sp³-hybridized carbons (Fsp3) is 0.172. The first-order valence-electron chi connectivity index (χ1n) is 11.4. The van der Waals surface area contributed by atoms with Crippen molar-refractivity contribution >= 4 is 11.9 Å². The molecule has 0 spiro atoms. The van der Waals surface area contributed by atoms with E-state index in [9.17, 15) is 19.8 Å². The normalized spacial score (nSPS) is 11.2. The lowest BCUT2D eigenvalue weighted by Gasteiger charge is -2.09. The Hall–Kier alpha value is -4.36. The zero-order valence-electron chi connectivity index (χ0n) is 20.6. The van der Waals surface area contributed by atoms with Crippen LogP contribution in [-0.2, 0) is 6.61 Å². The fourth-order valence-corrected chi connectivity index (χ4v) is 4.06. The summed E-state index contributed by atoms with van der Waals surface area (Å²) in [6.45, 7) is 5.79. The quantitative estimate of drug-likeness (QED) is 0.257. The van der Waals surface area contributed by atoms with Crippen LogP contribution in [0.5, 0.6) is 11.5 Å². The molecule has 4 aromatic rings. The van der Waals surface area contributed by atoms with Crippen molar-refractivity contribution in [2.75, 3.05) is 7.11 Å². The van der Waals surface area contributed by atoms with Crippen LogP contribution in [0.25, 0.3) is 23.0 Å². The molecule has 36 heavy (non-hydrogen) atoms. The lowest BCUT2D eigenvalue weighted by Crippen LogP contribution is -2.14. The van der Waals surface area contributed by atoms with Crippen molar-refractivity contribution in [1.29, 1.82) is 0 Å². The number of aryl methyl sites for hydroxylation is 2. The second kappa shape index (κ2) is 10.1. The van der Waals surface area contributed by atoms with Crippen molar-refractivity contribution in [3.8, 4) is 28.4 Å². The van der Waals surface area contributed by atoms with Gasteiger partial charge in [-0.3, -0.25) is 9.36 Å². The molecular formula is C29H28N2O5. The number of aromatic nitrogens is 2. The number of ether oxygens (including phenoxy) is 1. The summed E-state index contributed by atoms with van der Waals surface area (Å²) >= 11 is 0. The number of allylic oxidation sites excluding steroid dienone is 1. The monoisotopic (exact) mass is 484 g/mol. The molecular weight excluding hydrogens is 456 g/mol. The van der Waals surface area contributed by atoms with Crippen molar-refractivity contribution in [2.24, 2.45) is 0 Å². The van der Waals surface area contributed by atoms with Gasteiger partial charge in [0, 0.05) is 22.9 Å². The highest BCUT2D eigenvalue weighted by Crippen LogP contribution is 2.32. The average Bonchev–Trinajstić information content (AvgIpc) is 3.27. The molecule has 1 aromatic heterocycles. The number of hydrogen-bond acceptors (Lipinski definition) is 5. The van der Waals surface area contributed by atoms with E-state index in [1.165, 1.54) is 23.3 Å². The van der Waals surface area contributed by atoms with Gasteiger partial charge in [-0.25, -0.2) is 4.79 Å². The molecule has 0 aliphatic rings. The number of aliphatic hydroxyl groups is 1. The van der Waals surface area contributed by atoms with Gasteiger partial charge < -0.3 is 19.9 Å². The fourth-order valence-electron chi connectivity index (χ4n) is 4.06. The van der Waals surface area contributed by atoms with Crippen molar-refractivity contribution < 1.29 is 19.7 Å².